The lowest BCUT2D eigenvalue weighted by Gasteiger charge is -2.72. The minimum Gasteiger partial charge on any atom is -0.432 e. The Kier molecular flexibility index (Phi) is 14.6. The van der Waals surface area contributed by atoms with Crippen molar-refractivity contribution in [3.8, 4) is 0 Å². The lowest BCUT2D eigenvalue weighted by molar-refractivity contribution is -0.361. The van der Waals surface area contributed by atoms with Crippen LogP contribution in [0, 0.1) is 56.7 Å². The summed E-state index contributed by atoms with van der Waals surface area (Å²) in [6, 6.07) is 0. The van der Waals surface area contributed by atoms with Crippen LogP contribution < -0.4 is 0 Å². The molecule has 68 heavy (non-hydrogen) atoms. The van der Waals surface area contributed by atoms with E-state index in [0.29, 0.717) is 38.5 Å². The smallest absolute Gasteiger partial charge is 0.315 e. The van der Waals surface area contributed by atoms with Crippen LogP contribution >= 0.6 is 0 Å². The minimum atomic E-state index is -1.89. The third-order valence-corrected chi connectivity index (χ3v) is 19.6. The van der Waals surface area contributed by atoms with E-state index in [1.54, 1.807) is 6.92 Å². The summed E-state index contributed by atoms with van der Waals surface area (Å²) in [6.07, 6.45) is -22.3. The number of carbonyl (C=O) groups is 1. The predicted octanol–water partition coefficient (Wildman–Crippen LogP) is -2.06. The molecule has 28 atom stereocenters. The second-order valence-electron chi connectivity index (χ2n) is 23.1. The summed E-state index contributed by atoms with van der Waals surface area (Å²) >= 11 is 0. The molecule has 0 aromatic heterocycles. The van der Waals surface area contributed by atoms with Crippen LogP contribution in [-0.4, -0.2) is 203 Å². The van der Waals surface area contributed by atoms with Crippen LogP contribution in [0.4, 0.5) is 0 Å². The quantitative estimate of drug-likeness (QED) is 0.0873. The van der Waals surface area contributed by atoms with Gasteiger partial charge < -0.3 is 94.8 Å². The number of ether oxygens (including phenoxy) is 6. The van der Waals surface area contributed by atoms with E-state index in [0.717, 1.165) is 5.57 Å². The molecule has 0 aromatic carbocycles. The molecule has 3 saturated heterocycles. The van der Waals surface area contributed by atoms with Gasteiger partial charge in [0.2, 0.25) is 6.29 Å². The monoisotopic (exact) mass is 975 g/mol. The van der Waals surface area contributed by atoms with Crippen molar-refractivity contribution >= 4 is 5.97 Å². The fourth-order valence-electron chi connectivity index (χ4n) is 15.4. The fraction of sp³-hybridized carbons (Fsp3) is 0.938. The lowest BCUT2D eigenvalue weighted by Crippen LogP contribution is -2.71. The number of rotatable bonds is 9. The maximum absolute atomic E-state index is 15.0. The Hall–Kier alpha value is -1.51. The van der Waals surface area contributed by atoms with Crippen LogP contribution in [0.5, 0.6) is 0 Å². The zero-order valence-corrected chi connectivity index (χ0v) is 40.1. The summed E-state index contributed by atoms with van der Waals surface area (Å²) in [6.45, 7) is 12.1. The van der Waals surface area contributed by atoms with Crippen LogP contribution in [-0.2, 0) is 33.2 Å². The molecule has 4 saturated carbocycles. The van der Waals surface area contributed by atoms with Crippen molar-refractivity contribution in [1.29, 1.82) is 0 Å². The number of carbonyl (C=O) groups excluding carboxylic acids is 1. The van der Waals surface area contributed by atoms with Crippen molar-refractivity contribution in [3.05, 3.63) is 11.6 Å². The summed E-state index contributed by atoms with van der Waals surface area (Å²) in [4.78, 5) is 15.0. The molecule has 8 unspecified atom stereocenters. The molecule has 8 rings (SSSR count). The molecule has 13 N–H and O–H groups in total. The van der Waals surface area contributed by atoms with Crippen molar-refractivity contribution in [2.45, 2.75) is 204 Å². The number of esters is 1. The Balaban J connectivity index is 0.994. The van der Waals surface area contributed by atoms with Crippen LogP contribution in [0.25, 0.3) is 0 Å². The zero-order chi connectivity index (χ0) is 50.0. The van der Waals surface area contributed by atoms with Crippen molar-refractivity contribution < 1.29 is 99.6 Å². The Labute approximate surface area is 396 Å². The highest BCUT2D eigenvalue weighted by Gasteiger charge is 2.73. The second-order valence-corrected chi connectivity index (χ2v) is 23.1. The second kappa shape index (κ2) is 18.8. The van der Waals surface area contributed by atoms with Gasteiger partial charge in [0.1, 0.15) is 67.1 Å². The van der Waals surface area contributed by atoms with Gasteiger partial charge in [0.05, 0.1) is 49.7 Å². The van der Waals surface area contributed by atoms with E-state index in [4.69, 9.17) is 28.4 Å². The van der Waals surface area contributed by atoms with Gasteiger partial charge in [0.25, 0.3) is 0 Å². The first-order valence-electron chi connectivity index (χ1n) is 24.6. The first-order valence-corrected chi connectivity index (χ1v) is 24.6. The Bertz CT molecular complexity index is 1860. The van der Waals surface area contributed by atoms with E-state index in [-0.39, 0.29) is 30.1 Å². The number of hydrogen-bond donors (Lipinski definition) is 13. The van der Waals surface area contributed by atoms with Gasteiger partial charge in [-0.1, -0.05) is 53.2 Å². The number of allylic oxidation sites excluding steroid dienone is 2. The van der Waals surface area contributed by atoms with Gasteiger partial charge in [0.15, 0.2) is 12.6 Å². The number of aliphatic hydroxyl groups is 13. The average molecular weight is 975 g/mol. The molecule has 20 heteroatoms. The van der Waals surface area contributed by atoms with Crippen molar-refractivity contribution in [3.63, 3.8) is 0 Å². The molecular weight excluding hydrogens is 897 g/mol. The molecule has 20 nitrogen and oxygen atoms in total. The summed E-state index contributed by atoms with van der Waals surface area (Å²) in [5, 5.41) is 142. The van der Waals surface area contributed by atoms with Gasteiger partial charge in [-0.05, 0) is 91.8 Å². The van der Waals surface area contributed by atoms with E-state index < -0.39 is 169 Å². The first kappa shape index (κ1) is 52.8. The maximum atomic E-state index is 15.0. The third-order valence-electron chi connectivity index (χ3n) is 19.6. The largest absolute Gasteiger partial charge is 0.432 e. The molecule has 3 aliphatic heterocycles. The van der Waals surface area contributed by atoms with Crippen molar-refractivity contribution in [2.24, 2.45) is 56.7 Å². The topological polar surface area (TPSA) is 335 Å². The van der Waals surface area contributed by atoms with Crippen LogP contribution in [0.2, 0.25) is 0 Å². The number of hydrogen-bond acceptors (Lipinski definition) is 20. The molecular formula is C48H78O20. The van der Waals surface area contributed by atoms with E-state index in [1.165, 1.54) is 6.92 Å². The normalized spacial score (nSPS) is 57.1. The minimum absolute atomic E-state index is 0.0115. The van der Waals surface area contributed by atoms with E-state index in [1.807, 2.05) is 0 Å². The molecule has 390 valence electrons. The van der Waals surface area contributed by atoms with E-state index in [9.17, 15) is 66.4 Å². The highest BCUT2D eigenvalue weighted by molar-refractivity contribution is 5.79. The molecule has 5 aliphatic carbocycles. The Morgan fingerprint density at radius 3 is 2.00 bits per heavy atom. The van der Waals surface area contributed by atoms with E-state index in [2.05, 4.69) is 40.7 Å². The molecule has 0 aromatic rings. The third kappa shape index (κ3) is 7.89. The SMILES string of the molecule is CC1C2C3=CCC4C5(C)C[C@@H](O)C(O)[C@@](C)(CO)[C@@H]5C(O)CC4(C)[C@]3(C)CCC2(C(=O)O[C@@H]2O[C@H](CO[C@@H]3O[C@H](CO)[C@@H](O[C@@H]4O[C@@H](C)[C@H](O)[C@@H](O)[C@H]4O)[C@H](O)[C@H]3O)[C@@H](O)[C@H](O)[C@H]2O)CC[C@H]1C. The van der Waals surface area contributed by atoms with Gasteiger partial charge in [-0.25, -0.2) is 0 Å². The van der Waals surface area contributed by atoms with Gasteiger partial charge in [0, 0.05) is 11.3 Å². The van der Waals surface area contributed by atoms with Gasteiger partial charge in [-0.15, -0.1) is 0 Å². The highest BCUT2D eigenvalue weighted by Crippen LogP contribution is 2.76. The lowest BCUT2D eigenvalue weighted by atomic mass is 9.32. The van der Waals surface area contributed by atoms with Crippen molar-refractivity contribution in [2.75, 3.05) is 19.8 Å². The van der Waals surface area contributed by atoms with Crippen LogP contribution in [0.3, 0.4) is 0 Å². The number of fused-ring (bicyclic) bond motifs is 7. The fourth-order valence-corrected chi connectivity index (χ4v) is 15.4. The Morgan fingerprint density at radius 1 is 0.706 bits per heavy atom. The summed E-state index contributed by atoms with van der Waals surface area (Å²) in [5.41, 5.74) is -2.84. The molecule has 0 spiro atoms. The van der Waals surface area contributed by atoms with E-state index >= 15 is 4.79 Å². The molecule has 0 amide bonds. The molecule has 7 fully saturated rings. The molecule has 8 aliphatic rings. The maximum Gasteiger partial charge on any atom is 0.315 e. The number of aliphatic hydroxyl groups excluding tert-OH is 13. The highest BCUT2D eigenvalue weighted by atomic mass is 16.8. The molecule has 0 radical (unpaired) electrons. The average Bonchev–Trinajstić information content (AvgIpc) is 3.29. The van der Waals surface area contributed by atoms with Gasteiger partial charge >= 0.3 is 5.97 Å². The summed E-state index contributed by atoms with van der Waals surface area (Å²) in [5.74, 6) is -1.31. The molecule has 3 heterocycles. The molecule has 0 bridgehead atoms. The van der Waals surface area contributed by atoms with Crippen molar-refractivity contribution in [1.82, 2.24) is 0 Å². The zero-order valence-electron chi connectivity index (χ0n) is 40.1. The summed E-state index contributed by atoms with van der Waals surface area (Å²) < 4.78 is 34.6. The predicted molar refractivity (Wildman–Crippen MR) is 233 cm³/mol. The van der Waals surface area contributed by atoms with Gasteiger partial charge in [-0.3, -0.25) is 4.79 Å². The van der Waals surface area contributed by atoms with Gasteiger partial charge in [-0.2, -0.15) is 0 Å². The first-order chi connectivity index (χ1) is 31.8. The summed E-state index contributed by atoms with van der Waals surface area (Å²) in [7, 11) is 0. The standard InChI is InChI=1S/C48H78O20/c1-19-10-11-48(13-12-46(6)22(28(48)20(19)2)8-9-27-44(4)14-24(52)39(61)45(5,18-50)38(44)23(51)15-47(27,46)7)43(62)68-42-35(59)32(56)30(54)26(66-42)17-63-40-36(60)33(57)37(25(16-49)65-40)67-41-34(58)31(55)29(53)21(3)64-41/h8,19-21,23-42,49-61H,9-18H2,1-7H3/t19-,20?,21+,23?,24-,25-,26-,27?,28?,29+,30-,31-,32+,33-,34-,35-,36-,37-,38-,39?,40-,41+,42+,44?,45+,46-,47?,48?/m1/s1. The van der Waals surface area contributed by atoms with Crippen LogP contribution in [0.1, 0.15) is 93.4 Å². The Morgan fingerprint density at radius 2 is 1.34 bits per heavy atom. The van der Waals surface area contributed by atoms with Crippen LogP contribution in [0.15, 0.2) is 11.6 Å².